The summed E-state index contributed by atoms with van der Waals surface area (Å²) in [4.78, 5) is 7.25. The molecule has 0 bridgehead atoms. The van der Waals surface area contributed by atoms with Crippen molar-refractivity contribution < 1.29 is 0 Å². The van der Waals surface area contributed by atoms with Gasteiger partial charge in [-0.2, -0.15) is 0 Å². The molecule has 2 N–H and O–H groups in total. The zero-order valence-electron chi connectivity index (χ0n) is 7.67. The molecule has 0 aliphatic heterocycles. The van der Waals surface area contributed by atoms with E-state index in [1.807, 2.05) is 24.7 Å². The zero-order valence-corrected chi connectivity index (χ0v) is 7.67. The van der Waals surface area contributed by atoms with Crippen molar-refractivity contribution in [2.45, 2.75) is 13.5 Å². The first kappa shape index (κ1) is 8.26. The Bertz CT molecular complexity index is 392. The van der Waals surface area contributed by atoms with E-state index in [2.05, 4.69) is 22.2 Å². The van der Waals surface area contributed by atoms with Crippen LogP contribution in [0.4, 0.5) is 0 Å². The fourth-order valence-electron chi connectivity index (χ4n) is 1.44. The normalized spacial score (nSPS) is 10.8. The molecule has 0 saturated heterocycles. The van der Waals surface area contributed by atoms with Crippen LogP contribution in [-0.2, 0) is 6.54 Å². The van der Waals surface area contributed by atoms with E-state index in [4.69, 9.17) is 0 Å². The first-order valence-electron chi connectivity index (χ1n) is 4.52. The molecule has 68 valence electrons. The highest BCUT2D eigenvalue weighted by Crippen LogP contribution is 2.15. The van der Waals surface area contributed by atoms with Crippen LogP contribution in [0.1, 0.15) is 12.5 Å². The van der Waals surface area contributed by atoms with Gasteiger partial charge >= 0.3 is 0 Å². The van der Waals surface area contributed by atoms with Gasteiger partial charge in [-0.1, -0.05) is 6.92 Å². The number of nitrogens with one attached hydrogen (secondary N) is 2. The molecule has 13 heavy (non-hydrogen) atoms. The first-order valence-corrected chi connectivity index (χ1v) is 4.52. The molecule has 0 unspecified atom stereocenters. The van der Waals surface area contributed by atoms with Gasteiger partial charge < -0.3 is 10.3 Å². The van der Waals surface area contributed by atoms with E-state index in [1.165, 1.54) is 10.9 Å². The van der Waals surface area contributed by atoms with Gasteiger partial charge in [0.05, 0.1) is 11.7 Å². The van der Waals surface area contributed by atoms with Gasteiger partial charge in [0.2, 0.25) is 0 Å². The molecule has 2 heterocycles. The van der Waals surface area contributed by atoms with Crippen LogP contribution in [-0.4, -0.2) is 16.5 Å². The second kappa shape index (κ2) is 3.58. The Morgan fingerprint density at radius 1 is 1.54 bits per heavy atom. The van der Waals surface area contributed by atoms with Crippen LogP contribution in [0.25, 0.3) is 10.9 Å². The molecule has 0 spiro atoms. The molecule has 0 saturated carbocycles. The van der Waals surface area contributed by atoms with Crippen LogP contribution in [0.3, 0.4) is 0 Å². The van der Waals surface area contributed by atoms with Crippen LogP contribution < -0.4 is 5.32 Å². The van der Waals surface area contributed by atoms with Crippen molar-refractivity contribution in [2.75, 3.05) is 6.54 Å². The predicted molar refractivity (Wildman–Crippen MR) is 53.5 cm³/mol. The summed E-state index contributed by atoms with van der Waals surface area (Å²) < 4.78 is 0. The number of rotatable bonds is 3. The Kier molecular flexibility index (Phi) is 2.27. The number of nitrogens with zero attached hydrogens (tertiary/aromatic N) is 1. The molecule has 3 nitrogen and oxygen atoms in total. The molecule has 0 aliphatic carbocycles. The lowest BCUT2D eigenvalue weighted by Crippen LogP contribution is -2.11. The summed E-state index contributed by atoms with van der Waals surface area (Å²) in [5, 5.41) is 4.56. The maximum Gasteiger partial charge on any atom is 0.0643 e. The van der Waals surface area contributed by atoms with Gasteiger partial charge in [0.25, 0.3) is 0 Å². The molecule has 2 aromatic rings. The lowest BCUT2D eigenvalue weighted by molar-refractivity contribution is 0.730. The summed E-state index contributed by atoms with van der Waals surface area (Å²) in [6.07, 6.45) is 5.71. The van der Waals surface area contributed by atoms with Gasteiger partial charge in [0.1, 0.15) is 0 Å². The minimum atomic E-state index is 0.917. The number of aromatic amines is 1. The van der Waals surface area contributed by atoms with Crippen molar-refractivity contribution in [3.8, 4) is 0 Å². The van der Waals surface area contributed by atoms with Crippen molar-refractivity contribution in [2.24, 2.45) is 0 Å². The third-order valence-electron chi connectivity index (χ3n) is 2.13. The number of fused-ring (bicyclic) bond motifs is 1. The highest BCUT2D eigenvalue weighted by Gasteiger charge is 2.00. The van der Waals surface area contributed by atoms with Gasteiger partial charge in [0, 0.05) is 24.3 Å². The Hall–Kier alpha value is -1.35. The van der Waals surface area contributed by atoms with Gasteiger partial charge in [-0.15, -0.1) is 0 Å². The van der Waals surface area contributed by atoms with Crippen molar-refractivity contribution in [3.63, 3.8) is 0 Å². The molecule has 0 atom stereocenters. The third kappa shape index (κ3) is 1.55. The van der Waals surface area contributed by atoms with E-state index in [0.29, 0.717) is 0 Å². The standard InChI is InChI=1S/C10H13N3/c1-2-11-5-8-6-13-10-7-12-4-3-9(8)10/h3-4,6-7,11,13H,2,5H2,1H3. The van der Waals surface area contributed by atoms with E-state index < -0.39 is 0 Å². The highest BCUT2D eigenvalue weighted by atomic mass is 14.8. The zero-order chi connectivity index (χ0) is 9.10. The van der Waals surface area contributed by atoms with Crippen LogP contribution >= 0.6 is 0 Å². The van der Waals surface area contributed by atoms with Crippen molar-refractivity contribution >= 4 is 10.9 Å². The largest absolute Gasteiger partial charge is 0.360 e. The fourth-order valence-corrected chi connectivity index (χ4v) is 1.44. The number of hydrogen-bond acceptors (Lipinski definition) is 2. The number of hydrogen-bond donors (Lipinski definition) is 2. The van der Waals surface area contributed by atoms with Crippen LogP contribution in [0.15, 0.2) is 24.7 Å². The molecule has 2 aromatic heterocycles. The fraction of sp³-hybridized carbons (Fsp3) is 0.300. The molecule has 0 aromatic carbocycles. The second-order valence-corrected chi connectivity index (χ2v) is 3.02. The quantitative estimate of drug-likeness (QED) is 0.745. The summed E-state index contributed by atoms with van der Waals surface area (Å²) in [5.74, 6) is 0. The molecule has 3 heteroatoms. The summed E-state index contributed by atoms with van der Waals surface area (Å²) >= 11 is 0. The molecule has 0 radical (unpaired) electrons. The highest BCUT2D eigenvalue weighted by molar-refractivity contribution is 5.81. The molecular weight excluding hydrogens is 162 g/mol. The van der Waals surface area contributed by atoms with Gasteiger partial charge in [-0.25, -0.2) is 0 Å². The predicted octanol–water partition coefficient (Wildman–Crippen LogP) is 1.67. The van der Waals surface area contributed by atoms with E-state index in [-0.39, 0.29) is 0 Å². The Balaban J connectivity index is 2.35. The first-order chi connectivity index (χ1) is 6.42. The van der Waals surface area contributed by atoms with E-state index in [0.717, 1.165) is 18.6 Å². The van der Waals surface area contributed by atoms with Crippen LogP contribution in [0.2, 0.25) is 0 Å². The second-order valence-electron chi connectivity index (χ2n) is 3.02. The van der Waals surface area contributed by atoms with Crippen LogP contribution in [0, 0.1) is 0 Å². The average Bonchev–Trinajstić information content (AvgIpc) is 2.58. The van der Waals surface area contributed by atoms with Crippen LogP contribution in [0.5, 0.6) is 0 Å². The summed E-state index contributed by atoms with van der Waals surface area (Å²) in [5.41, 5.74) is 2.41. The Labute approximate surface area is 77.2 Å². The van der Waals surface area contributed by atoms with Gasteiger partial charge in [-0.05, 0) is 18.2 Å². The van der Waals surface area contributed by atoms with Crippen molar-refractivity contribution in [1.82, 2.24) is 15.3 Å². The summed E-state index contributed by atoms with van der Waals surface area (Å²) in [6, 6.07) is 2.04. The third-order valence-corrected chi connectivity index (χ3v) is 2.13. The maximum absolute atomic E-state index is 4.05. The monoisotopic (exact) mass is 175 g/mol. The van der Waals surface area contributed by atoms with E-state index in [9.17, 15) is 0 Å². The lowest BCUT2D eigenvalue weighted by Gasteiger charge is -1.98. The Morgan fingerprint density at radius 2 is 2.46 bits per heavy atom. The van der Waals surface area contributed by atoms with E-state index in [1.54, 1.807) is 0 Å². The minimum Gasteiger partial charge on any atom is -0.360 e. The minimum absolute atomic E-state index is 0.917. The molecule has 0 amide bonds. The number of pyridine rings is 1. The van der Waals surface area contributed by atoms with Crippen molar-refractivity contribution in [1.29, 1.82) is 0 Å². The summed E-state index contributed by atoms with van der Waals surface area (Å²) in [6.45, 7) is 4.02. The SMILES string of the molecule is CCNCc1c[nH]c2cnccc12. The van der Waals surface area contributed by atoms with Gasteiger partial charge in [0.15, 0.2) is 0 Å². The maximum atomic E-state index is 4.05. The van der Waals surface area contributed by atoms with Gasteiger partial charge in [-0.3, -0.25) is 4.98 Å². The number of H-pyrrole nitrogens is 1. The smallest absolute Gasteiger partial charge is 0.0643 e. The average molecular weight is 175 g/mol. The Morgan fingerprint density at radius 3 is 3.31 bits per heavy atom. The lowest BCUT2D eigenvalue weighted by atomic mass is 10.2. The molecule has 2 rings (SSSR count). The topological polar surface area (TPSA) is 40.7 Å². The molecule has 0 aliphatic rings. The number of aromatic nitrogens is 2. The summed E-state index contributed by atoms with van der Waals surface area (Å²) in [7, 11) is 0. The van der Waals surface area contributed by atoms with E-state index >= 15 is 0 Å². The molecule has 0 fully saturated rings. The van der Waals surface area contributed by atoms with Crippen molar-refractivity contribution in [3.05, 3.63) is 30.2 Å². The molecular formula is C10H13N3.